The van der Waals surface area contributed by atoms with E-state index in [4.69, 9.17) is 23.7 Å². The minimum atomic E-state index is -1.66. The predicted molar refractivity (Wildman–Crippen MR) is 137 cm³/mol. The highest BCUT2D eigenvalue weighted by atomic mass is 16.7. The highest BCUT2D eigenvalue weighted by molar-refractivity contribution is 5.71. The molecule has 2 fully saturated rings. The van der Waals surface area contributed by atoms with Crippen LogP contribution in [0.2, 0.25) is 0 Å². The molecule has 4 rings (SSSR count). The minimum absolute atomic E-state index is 0.0702. The molecule has 2 heterocycles. The number of hydrogen-bond acceptors (Lipinski definition) is 13. The molecule has 0 aromatic heterocycles. The SMILES string of the molecule is COc1ccc(/C=C/c2cc(O[C@@H]3O[C@H](CO)[C@@H](O)[C@H](O)[C@H]3O)cc(O[C@@H]3O[C@H](CO)[C@@H](O)[C@H](O)[C@H]3O)c2)cc1. The summed E-state index contributed by atoms with van der Waals surface area (Å²) in [6.07, 6.45) is -11.6. The van der Waals surface area contributed by atoms with Crippen molar-refractivity contribution in [2.75, 3.05) is 20.3 Å². The van der Waals surface area contributed by atoms with Crippen molar-refractivity contribution in [1.82, 2.24) is 0 Å². The van der Waals surface area contributed by atoms with E-state index in [1.54, 1.807) is 43.5 Å². The molecule has 0 amide bonds. The zero-order chi connectivity index (χ0) is 29.0. The van der Waals surface area contributed by atoms with Crippen molar-refractivity contribution in [3.05, 3.63) is 53.6 Å². The normalized spacial score (nSPS) is 34.5. The standard InChI is InChI=1S/C27H34O13/c1-36-15-6-4-13(5-7-15)2-3-14-8-16(37-26-24(34)22(32)20(30)18(11-28)39-26)10-17(9-14)38-27-25(35)23(33)21(31)19(12-29)40-27/h2-10,18-35H,11-12H2,1H3/b3-2+/t18-,19-,20-,21-,22+,23+,24-,25-,26-,27-/m1/s1. The highest BCUT2D eigenvalue weighted by Crippen LogP contribution is 2.31. The Morgan fingerprint density at radius 1 is 0.600 bits per heavy atom. The quantitative estimate of drug-likeness (QED) is 0.158. The summed E-state index contributed by atoms with van der Waals surface area (Å²) in [6.45, 7) is -1.28. The van der Waals surface area contributed by atoms with Gasteiger partial charge in [0.2, 0.25) is 12.6 Å². The summed E-state index contributed by atoms with van der Waals surface area (Å²) in [6, 6.07) is 11.7. The molecule has 0 spiro atoms. The molecule has 2 saturated heterocycles. The van der Waals surface area contributed by atoms with Crippen molar-refractivity contribution in [2.45, 2.75) is 61.4 Å². The molecule has 2 aromatic carbocycles. The van der Waals surface area contributed by atoms with Crippen LogP contribution in [0.4, 0.5) is 0 Å². The number of ether oxygens (including phenoxy) is 5. The minimum Gasteiger partial charge on any atom is -0.497 e. The molecule has 8 N–H and O–H groups in total. The number of aliphatic hydroxyl groups excluding tert-OH is 8. The van der Waals surface area contributed by atoms with Gasteiger partial charge in [-0.2, -0.15) is 0 Å². The Morgan fingerprint density at radius 2 is 1.05 bits per heavy atom. The number of benzene rings is 2. The largest absolute Gasteiger partial charge is 0.497 e. The van der Waals surface area contributed by atoms with Gasteiger partial charge in [0.25, 0.3) is 0 Å². The fourth-order valence-electron chi connectivity index (χ4n) is 4.33. The zero-order valence-electron chi connectivity index (χ0n) is 21.5. The van der Waals surface area contributed by atoms with E-state index in [0.29, 0.717) is 11.3 Å². The first kappa shape index (κ1) is 30.1. The van der Waals surface area contributed by atoms with Gasteiger partial charge >= 0.3 is 0 Å². The zero-order valence-corrected chi connectivity index (χ0v) is 21.5. The van der Waals surface area contributed by atoms with Crippen molar-refractivity contribution in [1.29, 1.82) is 0 Å². The molecule has 0 unspecified atom stereocenters. The predicted octanol–water partition coefficient (Wildman–Crippen LogP) is -1.78. The van der Waals surface area contributed by atoms with Crippen LogP contribution in [0.3, 0.4) is 0 Å². The van der Waals surface area contributed by atoms with Gasteiger partial charge in [-0.3, -0.25) is 0 Å². The van der Waals surface area contributed by atoms with Crippen LogP contribution in [0.15, 0.2) is 42.5 Å². The van der Waals surface area contributed by atoms with E-state index >= 15 is 0 Å². The van der Waals surface area contributed by atoms with E-state index in [0.717, 1.165) is 5.56 Å². The molecular weight excluding hydrogens is 532 g/mol. The van der Waals surface area contributed by atoms with Crippen molar-refractivity contribution in [3.63, 3.8) is 0 Å². The van der Waals surface area contributed by atoms with Gasteiger partial charge in [-0.15, -0.1) is 0 Å². The smallest absolute Gasteiger partial charge is 0.229 e. The summed E-state index contributed by atoms with van der Waals surface area (Å²) < 4.78 is 27.5. The third-order valence-corrected chi connectivity index (χ3v) is 6.69. The molecule has 0 saturated carbocycles. The van der Waals surface area contributed by atoms with Crippen LogP contribution in [-0.2, 0) is 9.47 Å². The maximum atomic E-state index is 10.4. The maximum absolute atomic E-state index is 10.4. The van der Waals surface area contributed by atoms with E-state index in [1.165, 1.54) is 6.07 Å². The second-order valence-electron chi connectivity index (χ2n) is 9.47. The van der Waals surface area contributed by atoms with Crippen LogP contribution in [-0.4, -0.2) is 123 Å². The third kappa shape index (κ3) is 6.72. The monoisotopic (exact) mass is 566 g/mol. The maximum Gasteiger partial charge on any atom is 0.229 e. The molecule has 2 aliphatic heterocycles. The summed E-state index contributed by atoms with van der Waals surface area (Å²) in [7, 11) is 1.56. The Bertz CT molecular complexity index is 1070. The van der Waals surface area contributed by atoms with Crippen LogP contribution in [0.25, 0.3) is 12.2 Å². The Labute approximate surface area is 229 Å². The van der Waals surface area contributed by atoms with E-state index < -0.39 is 74.6 Å². The fraction of sp³-hybridized carbons (Fsp3) is 0.481. The Kier molecular flexibility index (Phi) is 9.97. The summed E-state index contributed by atoms with van der Waals surface area (Å²) in [5.74, 6) is 0.823. The average molecular weight is 567 g/mol. The molecule has 0 bridgehead atoms. The average Bonchev–Trinajstić information content (AvgIpc) is 2.96. The summed E-state index contributed by atoms with van der Waals surface area (Å²) in [4.78, 5) is 0. The summed E-state index contributed by atoms with van der Waals surface area (Å²) >= 11 is 0. The van der Waals surface area contributed by atoms with Crippen molar-refractivity contribution in [2.24, 2.45) is 0 Å². The molecule has 220 valence electrons. The van der Waals surface area contributed by atoms with Crippen LogP contribution in [0, 0.1) is 0 Å². The van der Waals surface area contributed by atoms with Crippen LogP contribution in [0.5, 0.6) is 17.2 Å². The number of rotatable bonds is 9. The first-order valence-corrected chi connectivity index (χ1v) is 12.6. The molecule has 0 aliphatic carbocycles. The van der Waals surface area contributed by atoms with Gasteiger partial charge in [0.05, 0.1) is 20.3 Å². The number of aliphatic hydroxyl groups is 8. The van der Waals surface area contributed by atoms with Gasteiger partial charge < -0.3 is 64.5 Å². The Morgan fingerprint density at radius 3 is 1.48 bits per heavy atom. The molecular formula is C27H34O13. The number of hydrogen-bond donors (Lipinski definition) is 8. The molecule has 10 atom stereocenters. The summed E-state index contributed by atoms with van der Waals surface area (Å²) in [5, 5.41) is 80.1. The van der Waals surface area contributed by atoms with E-state index in [-0.39, 0.29) is 11.5 Å². The molecule has 13 nitrogen and oxygen atoms in total. The van der Waals surface area contributed by atoms with Crippen molar-refractivity contribution >= 4 is 12.2 Å². The lowest BCUT2D eigenvalue weighted by molar-refractivity contribution is -0.278. The van der Waals surface area contributed by atoms with E-state index in [1.807, 2.05) is 12.1 Å². The summed E-state index contributed by atoms with van der Waals surface area (Å²) in [5.41, 5.74) is 1.34. The second-order valence-corrected chi connectivity index (χ2v) is 9.47. The Hall–Kier alpha value is -2.82. The molecule has 40 heavy (non-hydrogen) atoms. The molecule has 2 aromatic rings. The van der Waals surface area contributed by atoms with Crippen LogP contribution in [0.1, 0.15) is 11.1 Å². The lowest BCUT2D eigenvalue weighted by Gasteiger charge is -2.40. The van der Waals surface area contributed by atoms with Gasteiger partial charge in [-0.1, -0.05) is 24.3 Å². The molecule has 13 heteroatoms. The lowest BCUT2D eigenvalue weighted by atomic mass is 9.99. The topological polar surface area (TPSA) is 208 Å². The Balaban J connectivity index is 1.62. The van der Waals surface area contributed by atoms with Gasteiger partial charge in [-0.05, 0) is 35.4 Å². The van der Waals surface area contributed by atoms with Crippen molar-refractivity contribution < 1.29 is 64.5 Å². The van der Waals surface area contributed by atoms with Gasteiger partial charge in [-0.25, -0.2) is 0 Å². The molecule has 2 aliphatic rings. The van der Waals surface area contributed by atoms with Gasteiger partial charge in [0.1, 0.15) is 66.1 Å². The fourth-order valence-corrected chi connectivity index (χ4v) is 4.33. The van der Waals surface area contributed by atoms with Crippen molar-refractivity contribution in [3.8, 4) is 17.2 Å². The van der Waals surface area contributed by atoms with Gasteiger partial charge in [0.15, 0.2) is 0 Å². The molecule has 0 radical (unpaired) electrons. The lowest BCUT2D eigenvalue weighted by Crippen LogP contribution is -2.60. The van der Waals surface area contributed by atoms with Crippen LogP contribution >= 0.6 is 0 Å². The number of methoxy groups -OCH3 is 1. The first-order valence-electron chi connectivity index (χ1n) is 12.6. The highest BCUT2D eigenvalue weighted by Gasteiger charge is 2.46. The van der Waals surface area contributed by atoms with E-state index in [9.17, 15) is 40.9 Å². The second kappa shape index (κ2) is 13.2. The third-order valence-electron chi connectivity index (χ3n) is 6.69. The first-order chi connectivity index (χ1) is 19.1. The van der Waals surface area contributed by atoms with E-state index in [2.05, 4.69) is 0 Å². The van der Waals surface area contributed by atoms with Crippen LogP contribution < -0.4 is 14.2 Å². The van der Waals surface area contributed by atoms with Gasteiger partial charge in [0, 0.05) is 6.07 Å².